The molecular formula is C14H16N2. The summed E-state index contributed by atoms with van der Waals surface area (Å²) in [4.78, 5) is 4.17. The number of aromatic nitrogens is 1. The average Bonchev–Trinajstić information content (AvgIpc) is 2.35. The van der Waals surface area contributed by atoms with Crippen LogP contribution in [0.5, 0.6) is 0 Å². The molecule has 0 saturated heterocycles. The second kappa shape index (κ2) is 5.42. The highest BCUT2D eigenvalue weighted by Gasteiger charge is 1.96. The lowest BCUT2D eigenvalue weighted by Gasteiger charge is -2.00. The number of hydrogen-bond acceptors (Lipinski definition) is 2. The molecule has 0 saturated carbocycles. The Hall–Kier alpha value is -1.67. The van der Waals surface area contributed by atoms with Crippen LogP contribution in [0.15, 0.2) is 42.7 Å². The maximum absolute atomic E-state index is 4.17. The summed E-state index contributed by atoms with van der Waals surface area (Å²) in [5.74, 6) is 0. The lowest BCUT2D eigenvalue weighted by molar-refractivity contribution is 0.809. The molecule has 0 unspecified atom stereocenters. The quantitative estimate of drug-likeness (QED) is 0.788. The molecule has 0 fully saturated rings. The number of fused-ring (bicyclic) bond motifs is 1. The highest BCUT2D eigenvalue weighted by Crippen LogP contribution is 2.18. The molecule has 0 bridgehead atoms. The highest BCUT2D eigenvalue weighted by atomic mass is 14.8. The summed E-state index contributed by atoms with van der Waals surface area (Å²) in [7, 11) is 1.97. The van der Waals surface area contributed by atoms with Gasteiger partial charge >= 0.3 is 0 Å². The van der Waals surface area contributed by atoms with Crippen molar-refractivity contribution >= 4 is 16.8 Å². The zero-order chi connectivity index (χ0) is 11.2. The molecule has 0 spiro atoms. The molecule has 1 N–H and O–H groups in total. The summed E-state index contributed by atoms with van der Waals surface area (Å²) in [6.07, 6.45) is 9.16. The standard InChI is InChI=1S/C14H16N2/c1-15-9-3-2-5-12-6-4-7-13-8-10-16-11-14(12)13/h2,4-8,10-11,15H,3,9H2,1H3. The van der Waals surface area contributed by atoms with Crippen LogP contribution in [0.3, 0.4) is 0 Å². The summed E-state index contributed by atoms with van der Waals surface area (Å²) in [6, 6.07) is 8.36. The Morgan fingerprint density at radius 3 is 3.12 bits per heavy atom. The molecular weight excluding hydrogens is 196 g/mol. The van der Waals surface area contributed by atoms with Gasteiger partial charge in [-0.2, -0.15) is 0 Å². The summed E-state index contributed by atoms with van der Waals surface area (Å²) in [5, 5.41) is 5.58. The minimum absolute atomic E-state index is 1.01. The molecule has 16 heavy (non-hydrogen) atoms. The molecule has 0 amide bonds. The van der Waals surface area contributed by atoms with Crippen LogP contribution in [0, 0.1) is 0 Å². The molecule has 2 heteroatoms. The zero-order valence-electron chi connectivity index (χ0n) is 9.48. The molecule has 1 heterocycles. The van der Waals surface area contributed by atoms with E-state index in [1.54, 1.807) is 0 Å². The van der Waals surface area contributed by atoms with E-state index < -0.39 is 0 Å². The third-order valence-corrected chi connectivity index (χ3v) is 2.58. The van der Waals surface area contributed by atoms with Crippen LogP contribution in [0.2, 0.25) is 0 Å². The van der Waals surface area contributed by atoms with Crippen LogP contribution in [0.4, 0.5) is 0 Å². The molecule has 1 aromatic heterocycles. The van der Waals surface area contributed by atoms with Gasteiger partial charge in [0, 0.05) is 17.8 Å². The first kappa shape index (κ1) is 10.8. The van der Waals surface area contributed by atoms with E-state index in [4.69, 9.17) is 0 Å². The summed E-state index contributed by atoms with van der Waals surface area (Å²) in [6.45, 7) is 1.01. The fraction of sp³-hybridized carbons (Fsp3) is 0.214. The van der Waals surface area contributed by atoms with Gasteiger partial charge in [0.15, 0.2) is 0 Å². The molecule has 82 valence electrons. The van der Waals surface area contributed by atoms with E-state index in [1.807, 2.05) is 25.5 Å². The Kier molecular flexibility index (Phi) is 3.67. The Bertz CT molecular complexity index is 484. The van der Waals surface area contributed by atoms with Gasteiger partial charge in [0.05, 0.1) is 0 Å². The van der Waals surface area contributed by atoms with E-state index >= 15 is 0 Å². The lowest BCUT2D eigenvalue weighted by Crippen LogP contribution is -2.05. The zero-order valence-corrected chi connectivity index (χ0v) is 9.48. The Morgan fingerprint density at radius 2 is 2.25 bits per heavy atom. The first-order chi connectivity index (χ1) is 7.92. The third-order valence-electron chi connectivity index (χ3n) is 2.58. The molecule has 1 aromatic carbocycles. The Balaban J connectivity index is 2.27. The van der Waals surface area contributed by atoms with Crippen molar-refractivity contribution < 1.29 is 0 Å². The maximum Gasteiger partial charge on any atom is 0.0352 e. The fourth-order valence-corrected chi connectivity index (χ4v) is 1.72. The summed E-state index contributed by atoms with van der Waals surface area (Å²) >= 11 is 0. The third kappa shape index (κ3) is 2.47. The van der Waals surface area contributed by atoms with E-state index in [-0.39, 0.29) is 0 Å². The number of nitrogens with zero attached hydrogens (tertiary/aromatic N) is 1. The van der Waals surface area contributed by atoms with E-state index in [1.165, 1.54) is 16.3 Å². The van der Waals surface area contributed by atoms with Gasteiger partial charge in [0.2, 0.25) is 0 Å². The van der Waals surface area contributed by atoms with Crippen LogP contribution in [-0.2, 0) is 0 Å². The van der Waals surface area contributed by atoms with E-state index in [2.05, 4.69) is 40.7 Å². The first-order valence-corrected chi connectivity index (χ1v) is 5.55. The molecule has 2 nitrogen and oxygen atoms in total. The largest absolute Gasteiger partial charge is 0.319 e. The summed E-state index contributed by atoms with van der Waals surface area (Å²) in [5.41, 5.74) is 1.24. The summed E-state index contributed by atoms with van der Waals surface area (Å²) < 4.78 is 0. The van der Waals surface area contributed by atoms with Crippen LogP contribution in [0.25, 0.3) is 16.8 Å². The molecule has 0 aliphatic heterocycles. The van der Waals surface area contributed by atoms with Crippen molar-refractivity contribution in [3.05, 3.63) is 48.3 Å². The minimum atomic E-state index is 1.01. The molecule has 0 radical (unpaired) electrons. The highest BCUT2D eigenvalue weighted by molar-refractivity contribution is 5.89. The number of hydrogen-bond donors (Lipinski definition) is 1. The van der Waals surface area contributed by atoms with Crippen LogP contribution in [0.1, 0.15) is 12.0 Å². The van der Waals surface area contributed by atoms with Gasteiger partial charge in [-0.15, -0.1) is 0 Å². The van der Waals surface area contributed by atoms with Crippen LogP contribution in [-0.4, -0.2) is 18.6 Å². The van der Waals surface area contributed by atoms with Crippen molar-refractivity contribution in [2.75, 3.05) is 13.6 Å². The van der Waals surface area contributed by atoms with Crippen molar-refractivity contribution in [2.45, 2.75) is 6.42 Å². The van der Waals surface area contributed by atoms with E-state index in [9.17, 15) is 0 Å². The van der Waals surface area contributed by atoms with Gasteiger partial charge in [-0.3, -0.25) is 4.98 Å². The Labute approximate surface area is 96.0 Å². The van der Waals surface area contributed by atoms with E-state index in [0.717, 1.165) is 13.0 Å². The number of benzene rings is 1. The SMILES string of the molecule is CNCCC=Cc1cccc2ccncc12. The first-order valence-electron chi connectivity index (χ1n) is 5.55. The number of pyridine rings is 1. The smallest absolute Gasteiger partial charge is 0.0352 e. The van der Waals surface area contributed by atoms with Crippen molar-refractivity contribution in [3.63, 3.8) is 0 Å². The van der Waals surface area contributed by atoms with Crippen molar-refractivity contribution in [1.29, 1.82) is 0 Å². The predicted molar refractivity (Wildman–Crippen MR) is 69.3 cm³/mol. The number of nitrogens with one attached hydrogen (secondary N) is 1. The second-order valence-corrected chi connectivity index (χ2v) is 3.74. The van der Waals surface area contributed by atoms with Gasteiger partial charge in [-0.05, 0) is 37.0 Å². The average molecular weight is 212 g/mol. The topological polar surface area (TPSA) is 24.9 Å². The van der Waals surface area contributed by atoms with Gasteiger partial charge in [-0.25, -0.2) is 0 Å². The van der Waals surface area contributed by atoms with Gasteiger partial charge in [0.25, 0.3) is 0 Å². The van der Waals surface area contributed by atoms with Gasteiger partial charge in [0.1, 0.15) is 0 Å². The monoisotopic (exact) mass is 212 g/mol. The number of rotatable bonds is 4. The second-order valence-electron chi connectivity index (χ2n) is 3.74. The molecule has 0 aliphatic carbocycles. The van der Waals surface area contributed by atoms with Gasteiger partial charge in [-0.1, -0.05) is 30.4 Å². The molecule has 2 aromatic rings. The van der Waals surface area contributed by atoms with E-state index in [0.29, 0.717) is 0 Å². The fourth-order valence-electron chi connectivity index (χ4n) is 1.72. The maximum atomic E-state index is 4.17. The Morgan fingerprint density at radius 1 is 1.31 bits per heavy atom. The van der Waals surface area contributed by atoms with Gasteiger partial charge < -0.3 is 5.32 Å². The van der Waals surface area contributed by atoms with Crippen LogP contribution >= 0.6 is 0 Å². The van der Waals surface area contributed by atoms with Crippen LogP contribution < -0.4 is 5.32 Å². The molecule has 0 atom stereocenters. The normalized spacial score (nSPS) is 11.3. The van der Waals surface area contributed by atoms with Crippen molar-refractivity contribution in [1.82, 2.24) is 10.3 Å². The minimum Gasteiger partial charge on any atom is -0.319 e. The molecule has 2 rings (SSSR count). The molecule has 0 aliphatic rings. The predicted octanol–water partition coefficient (Wildman–Crippen LogP) is 2.86. The lowest BCUT2D eigenvalue weighted by atomic mass is 10.1. The van der Waals surface area contributed by atoms with Crippen molar-refractivity contribution in [3.8, 4) is 0 Å². The van der Waals surface area contributed by atoms with Crippen molar-refractivity contribution in [2.24, 2.45) is 0 Å².